The first-order valence-electron chi connectivity index (χ1n) is 4.66. The second-order valence-electron chi connectivity index (χ2n) is 2.70. The normalized spacial score (nSPS) is 10.4. The lowest BCUT2D eigenvalue weighted by molar-refractivity contribution is 0.779. The van der Waals surface area contributed by atoms with Crippen LogP contribution in [0.15, 0.2) is 0 Å². The molecule has 0 aliphatic rings. The highest BCUT2D eigenvalue weighted by Gasteiger charge is 1.89. The van der Waals surface area contributed by atoms with E-state index in [0.29, 0.717) is 0 Å². The molecule has 2 heteroatoms. The highest BCUT2D eigenvalue weighted by atomic mass is 33.1. The Bertz CT molecular complexity index is 56.6. The molecule has 0 amide bonds. The summed E-state index contributed by atoms with van der Waals surface area (Å²) in [5.41, 5.74) is 0. The molecule has 0 aromatic heterocycles. The van der Waals surface area contributed by atoms with E-state index in [0.717, 1.165) is 0 Å². The van der Waals surface area contributed by atoms with Crippen LogP contribution in [0.1, 0.15) is 46.0 Å². The van der Waals surface area contributed by atoms with Gasteiger partial charge >= 0.3 is 0 Å². The van der Waals surface area contributed by atoms with Gasteiger partial charge in [0, 0.05) is 11.5 Å². The average Bonchev–Trinajstić information content (AvgIpc) is 2.03. The molecule has 0 rings (SSSR count). The molecule has 0 saturated carbocycles. The molecule has 0 heterocycles. The lowest BCUT2D eigenvalue weighted by atomic mass is 10.3. The molecule has 0 N–H and O–H groups in total. The molecular formula is C9H20S2. The van der Waals surface area contributed by atoms with Gasteiger partial charge in [-0.25, -0.2) is 0 Å². The van der Waals surface area contributed by atoms with Crippen LogP contribution in [0.4, 0.5) is 0 Å². The van der Waals surface area contributed by atoms with Gasteiger partial charge in [0.2, 0.25) is 0 Å². The predicted molar refractivity (Wildman–Crippen MR) is 59.3 cm³/mol. The van der Waals surface area contributed by atoms with Crippen molar-refractivity contribution in [3.05, 3.63) is 0 Å². The van der Waals surface area contributed by atoms with Gasteiger partial charge in [0.15, 0.2) is 0 Å². The van der Waals surface area contributed by atoms with Crippen molar-refractivity contribution in [3.8, 4) is 0 Å². The van der Waals surface area contributed by atoms with Crippen LogP contribution in [0, 0.1) is 0 Å². The first-order valence-corrected chi connectivity index (χ1v) is 7.15. The quantitative estimate of drug-likeness (QED) is 0.414. The zero-order valence-electron chi connectivity index (χ0n) is 7.77. The third kappa shape index (κ3) is 10.7. The van der Waals surface area contributed by atoms with Gasteiger partial charge in [-0.2, -0.15) is 0 Å². The molecule has 0 aromatic carbocycles. The standard InChI is InChI=1S/C9H20S2/c1-3-5-7-9-11-10-8-6-4-2/h3-9H2,1-2H3. The minimum Gasteiger partial charge on any atom is -0.0942 e. The fourth-order valence-electron chi connectivity index (χ4n) is 0.732. The predicted octanol–water partition coefficient (Wildman–Crippen LogP) is 4.36. The minimum absolute atomic E-state index is 1.34. The van der Waals surface area contributed by atoms with Crippen molar-refractivity contribution in [2.45, 2.75) is 46.0 Å². The first-order chi connectivity index (χ1) is 5.41. The maximum absolute atomic E-state index is 2.26. The molecule has 0 aromatic rings. The van der Waals surface area contributed by atoms with Crippen LogP contribution in [-0.4, -0.2) is 11.5 Å². The lowest BCUT2D eigenvalue weighted by Gasteiger charge is -1.98. The van der Waals surface area contributed by atoms with E-state index < -0.39 is 0 Å². The number of unbranched alkanes of at least 4 members (excludes halogenated alkanes) is 3. The van der Waals surface area contributed by atoms with Gasteiger partial charge in [0.25, 0.3) is 0 Å². The van der Waals surface area contributed by atoms with E-state index in [9.17, 15) is 0 Å². The smallest absolute Gasteiger partial charge is 0.00369 e. The highest BCUT2D eigenvalue weighted by molar-refractivity contribution is 8.76. The lowest BCUT2D eigenvalue weighted by Crippen LogP contribution is -1.78. The largest absolute Gasteiger partial charge is 0.0942 e. The van der Waals surface area contributed by atoms with E-state index in [1.54, 1.807) is 0 Å². The first kappa shape index (κ1) is 11.7. The Hall–Kier alpha value is 0.700. The molecule has 0 radical (unpaired) electrons. The topological polar surface area (TPSA) is 0 Å². The molecule has 0 fully saturated rings. The molecule has 0 nitrogen and oxygen atoms in total. The van der Waals surface area contributed by atoms with Gasteiger partial charge in [-0.1, -0.05) is 54.7 Å². The Morgan fingerprint density at radius 1 is 0.727 bits per heavy atom. The number of hydrogen-bond donors (Lipinski definition) is 0. The van der Waals surface area contributed by atoms with E-state index >= 15 is 0 Å². The maximum atomic E-state index is 2.26. The van der Waals surface area contributed by atoms with Crippen molar-refractivity contribution >= 4 is 21.6 Å². The SMILES string of the molecule is CCCCCSSCCCC. The van der Waals surface area contributed by atoms with E-state index in [1.165, 1.54) is 43.6 Å². The summed E-state index contributed by atoms with van der Waals surface area (Å²) in [6, 6.07) is 0. The third-order valence-corrected chi connectivity index (χ3v) is 4.07. The summed E-state index contributed by atoms with van der Waals surface area (Å²) in [4.78, 5) is 0. The molecule has 0 saturated heterocycles. The molecule has 11 heavy (non-hydrogen) atoms. The second-order valence-corrected chi connectivity index (χ2v) is 5.41. The Labute approximate surface area is 79.3 Å². The van der Waals surface area contributed by atoms with E-state index in [-0.39, 0.29) is 0 Å². The molecule has 0 aliphatic carbocycles. The van der Waals surface area contributed by atoms with Crippen molar-refractivity contribution in [2.24, 2.45) is 0 Å². The van der Waals surface area contributed by atoms with Crippen LogP contribution in [0.25, 0.3) is 0 Å². The van der Waals surface area contributed by atoms with Crippen molar-refractivity contribution in [3.63, 3.8) is 0 Å². The Kier molecular flexibility index (Phi) is 11.4. The summed E-state index contributed by atoms with van der Waals surface area (Å²) in [6.07, 6.45) is 6.87. The summed E-state index contributed by atoms with van der Waals surface area (Å²) in [5, 5.41) is 0. The summed E-state index contributed by atoms with van der Waals surface area (Å²) in [5.74, 6) is 2.69. The van der Waals surface area contributed by atoms with Crippen LogP contribution in [0.3, 0.4) is 0 Å². The van der Waals surface area contributed by atoms with E-state index in [2.05, 4.69) is 13.8 Å². The molecule has 0 bridgehead atoms. The summed E-state index contributed by atoms with van der Waals surface area (Å²) < 4.78 is 0. The monoisotopic (exact) mass is 192 g/mol. The Morgan fingerprint density at radius 2 is 1.27 bits per heavy atom. The summed E-state index contributed by atoms with van der Waals surface area (Å²) >= 11 is 0. The average molecular weight is 192 g/mol. The zero-order valence-corrected chi connectivity index (χ0v) is 9.40. The van der Waals surface area contributed by atoms with E-state index in [1.807, 2.05) is 21.6 Å². The van der Waals surface area contributed by atoms with Crippen LogP contribution in [0.5, 0.6) is 0 Å². The number of rotatable bonds is 8. The van der Waals surface area contributed by atoms with Crippen LogP contribution in [0.2, 0.25) is 0 Å². The van der Waals surface area contributed by atoms with Gasteiger partial charge in [0.1, 0.15) is 0 Å². The molecule has 0 aliphatic heterocycles. The van der Waals surface area contributed by atoms with E-state index in [4.69, 9.17) is 0 Å². The molecule has 0 spiro atoms. The molecule has 0 atom stereocenters. The van der Waals surface area contributed by atoms with Crippen LogP contribution < -0.4 is 0 Å². The van der Waals surface area contributed by atoms with Crippen molar-refractivity contribution < 1.29 is 0 Å². The Balaban J connectivity index is 2.69. The second kappa shape index (κ2) is 10.7. The van der Waals surface area contributed by atoms with Gasteiger partial charge in [-0.05, 0) is 12.8 Å². The fourth-order valence-corrected chi connectivity index (χ4v) is 3.11. The van der Waals surface area contributed by atoms with Gasteiger partial charge in [-0.15, -0.1) is 0 Å². The highest BCUT2D eigenvalue weighted by Crippen LogP contribution is 2.23. The fraction of sp³-hybridized carbons (Fsp3) is 1.00. The summed E-state index contributed by atoms with van der Waals surface area (Å²) in [6.45, 7) is 4.51. The van der Waals surface area contributed by atoms with Crippen molar-refractivity contribution in [1.82, 2.24) is 0 Å². The van der Waals surface area contributed by atoms with Crippen molar-refractivity contribution in [2.75, 3.05) is 11.5 Å². The Morgan fingerprint density at radius 3 is 1.82 bits per heavy atom. The third-order valence-electron chi connectivity index (χ3n) is 1.50. The number of hydrogen-bond acceptors (Lipinski definition) is 2. The summed E-state index contributed by atoms with van der Waals surface area (Å²) in [7, 11) is 4.09. The molecule has 68 valence electrons. The molecular weight excluding hydrogens is 172 g/mol. The van der Waals surface area contributed by atoms with Crippen LogP contribution >= 0.6 is 21.6 Å². The minimum atomic E-state index is 1.34. The van der Waals surface area contributed by atoms with Crippen LogP contribution in [-0.2, 0) is 0 Å². The van der Waals surface area contributed by atoms with Crippen molar-refractivity contribution in [1.29, 1.82) is 0 Å². The maximum Gasteiger partial charge on any atom is 0.00369 e. The van der Waals surface area contributed by atoms with Gasteiger partial charge < -0.3 is 0 Å². The molecule has 0 unspecified atom stereocenters. The zero-order chi connectivity index (χ0) is 8.36. The van der Waals surface area contributed by atoms with Gasteiger partial charge in [0.05, 0.1) is 0 Å². The van der Waals surface area contributed by atoms with Gasteiger partial charge in [-0.3, -0.25) is 0 Å².